The van der Waals surface area contributed by atoms with Gasteiger partial charge < -0.3 is 14.4 Å². The molecule has 7 heteroatoms. The summed E-state index contributed by atoms with van der Waals surface area (Å²) in [5, 5.41) is 0. The minimum absolute atomic E-state index is 0.0281. The molecule has 0 N–H and O–H groups in total. The van der Waals surface area contributed by atoms with Crippen LogP contribution < -0.4 is 9.47 Å². The minimum Gasteiger partial charge on any atom is -0.497 e. The maximum atomic E-state index is 13.5. The first-order chi connectivity index (χ1) is 15.2. The second-order valence-corrected chi connectivity index (χ2v) is 9.88. The van der Waals surface area contributed by atoms with Crippen LogP contribution in [-0.4, -0.2) is 66.2 Å². The molecule has 0 saturated carbocycles. The zero-order chi connectivity index (χ0) is 23.2. The Morgan fingerprint density at radius 2 is 1.88 bits per heavy atom. The number of ether oxygens (including phenoxy) is 2. The topological polar surface area (TPSA) is 76.2 Å². The van der Waals surface area contributed by atoms with Crippen LogP contribution in [0.15, 0.2) is 12.1 Å². The van der Waals surface area contributed by atoms with Gasteiger partial charge in [0.2, 0.25) is 17.5 Å². The summed E-state index contributed by atoms with van der Waals surface area (Å²) in [6.07, 6.45) is 3.88. The van der Waals surface area contributed by atoms with E-state index in [-0.39, 0.29) is 42.1 Å². The fourth-order valence-corrected chi connectivity index (χ4v) is 5.51. The molecule has 32 heavy (non-hydrogen) atoms. The number of hydrogen-bond acceptors (Lipinski definition) is 6. The molecule has 3 aliphatic heterocycles. The first kappa shape index (κ1) is 22.8. The highest BCUT2D eigenvalue weighted by Gasteiger charge is 2.51. The molecular weight excluding hydrogens is 408 g/mol. The van der Waals surface area contributed by atoms with E-state index in [0.29, 0.717) is 25.1 Å². The van der Waals surface area contributed by atoms with Gasteiger partial charge in [-0.1, -0.05) is 20.8 Å². The molecule has 1 aromatic carbocycles. The molecule has 0 radical (unpaired) electrons. The number of amides is 1. The van der Waals surface area contributed by atoms with Crippen molar-refractivity contribution in [3.8, 4) is 11.5 Å². The Balaban J connectivity index is 1.64. The molecule has 2 bridgehead atoms. The van der Waals surface area contributed by atoms with E-state index in [1.54, 1.807) is 14.2 Å². The van der Waals surface area contributed by atoms with Crippen LogP contribution in [0.1, 0.15) is 57.6 Å². The molecule has 0 aromatic heterocycles. The van der Waals surface area contributed by atoms with Gasteiger partial charge in [-0.15, -0.1) is 0 Å². The second-order valence-electron chi connectivity index (χ2n) is 9.88. The zero-order valence-corrected chi connectivity index (χ0v) is 19.8. The molecular formula is C25H34N2O5. The van der Waals surface area contributed by atoms with Gasteiger partial charge in [0.15, 0.2) is 0 Å². The fourth-order valence-electron chi connectivity index (χ4n) is 5.51. The molecule has 7 nitrogen and oxygen atoms in total. The molecule has 2 fully saturated rings. The molecule has 2 unspecified atom stereocenters. The molecule has 174 valence electrons. The molecule has 0 aliphatic carbocycles. The fraction of sp³-hybridized carbons (Fsp3) is 0.640. The highest BCUT2D eigenvalue weighted by Crippen LogP contribution is 2.42. The number of ketones is 2. The Morgan fingerprint density at radius 3 is 2.53 bits per heavy atom. The number of fused-ring (bicyclic) bond motifs is 5. The summed E-state index contributed by atoms with van der Waals surface area (Å²) in [6.45, 7) is 6.10. The van der Waals surface area contributed by atoms with E-state index < -0.39 is 5.41 Å². The lowest BCUT2D eigenvalue weighted by Gasteiger charge is -2.55. The Labute approximate surface area is 190 Å². The number of rotatable bonds is 7. The van der Waals surface area contributed by atoms with Crippen molar-refractivity contribution in [2.75, 3.05) is 20.8 Å². The van der Waals surface area contributed by atoms with Gasteiger partial charge in [-0.25, -0.2) is 0 Å². The van der Waals surface area contributed by atoms with Gasteiger partial charge in [-0.2, -0.15) is 0 Å². The Hall–Kier alpha value is -2.41. The quantitative estimate of drug-likeness (QED) is 0.605. The van der Waals surface area contributed by atoms with Gasteiger partial charge in [-0.05, 0) is 43.7 Å². The van der Waals surface area contributed by atoms with Gasteiger partial charge in [0, 0.05) is 29.6 Å². The van der Waals surface area contributed by atoms with Crippen LogP contribution in [0.2, 0.25) is 0 Å². The summed E-state index contributed by atoms with van der Waals surface area (Å²) in [5.41, 5.74) is 1.47. The molecule has 1 amide bonds. The van der Waals surface area contributed by atoms with Crippen LogP contribution in [0.5, 0.6) is 11.5 Å². The maximum absolute atomic E-state index is 13.5. The van der Waals surface area contributed by atoms with Crippen LogP contribution >= 0.6 is 0 Å². The molecule has 3 atom stereocenters. The predicted molar refractivity (Wildman–Crippen MR) is 120 cm³/mol. The Bertz CT molecular complexity index is 941. The number of piperazine rings is 1. The van der Waals surface area contributed by atoms with E-state index in [4.69, 9.17) is 9.47 Å². The van der Waals surface area contributed by atoms with Gasteiger partial charge in [0.05, 0.1) is 32.8 Å². The van der Waals surface area contributed by atoms with Crippen molar-refractivity contribution >= 4 is 17.5 Å². The van der Waals surface area contributed by atoms with Crippen LogP contribution in [-0.2, 0) is 27.3 Å². The third-order valence-corrected chi connectivity index (χ3v) is 7.78. The van der Waals surface area contributed by atoms with Crippen LogP contribution in [0.3, 0.4) is 0 Å². The van der Waals surface area contributed by atoms with Gasteiger partial charge in [0.25, 0.3) is 0 Å². The number of hydrogen-bond donors (Lipinski definition) is 0. The lowest BCUT2D eigenvalue weighted by Crippen LogP contribution is -2.70. The SMILES string of the molecule is CCC(C)(C)C(=O)C(=O)CN1C2CCCC1[C@@H]1Cc3c(cc(OC)cc3OC)CN1C2=O. The molecule has 4 rings (SSSR count). The second kappa shape index (κ2) is 8.50. The third-order valence-electron chi connectivity index (χ3n) is 7.78. The van der Waals surface area contributed by atoms with Crippen LogP contribution in [0, 0.1) is 5.41 Å². The standard InChI is InChI=1S/C25H34N2O5/c1-6-25(2,3)23(29)21(28)14-26-18-8-7-9-19(26)24(30)27-13-15-10-16(31-4)11-22(32-5)17(15)12-20(18)27/h10-11,18-20H,6-9,12-14H2,1-5H3/t18?,19?,20-/m0/s1. The smallest absolute Gasteiger partial charge is 0.240 e. The van der Waals surface area contributed by atoms with E-state index in [1.807, 2.05) is 42.7 Å². The average molecular weight is 443 g/mol. The summed E-state index contributed by atoms with van der Waals surface area (Å²) in [6, 6.07) is 3.57. The van der Waals surface area contributed by atoms with Crippen molar-refractivity contribution in [1.29, 1.82) is 0 Å². The summed E-state index contributed by atoms with van der Waals surface area (Å²) in [5.74, 6) is 0.831. The monoisotopic (exact) mass is 442 g/mol. The Kier molecular flexibility index (Phi) is 6.05. The van der Waals surface area contributed by atoms with E-state index in [2.05, 4.69) is 0 Å². The average Bonchev–Trinajstić information content (AvgIpc) is 2.80. The summed E-state index contributed by atoms with van der Waals surface area (Å²) < 4.78 is 11.1. The van der Waals surface area contributed by atoms with Crippen LogP contribution in [0.4, 0.5) is 0 Å². The zero-order valence-electron chi connectivity index (χ0n) is 19.8. The molecule has 1 aromatic rings. The number of Topliss-reactive ketones (excluding diaryl/α,β-unsaturated/α-hetero) is 2. The van der Waals surface area contributed by atoms with Crippen molar-refractivity contribution in [2.45, 2.75) is 77.5 Å². The van der Waals surface area contributed by atoms with Crippen molar-refractivity contribution in [3.63, 3.8) is 0 Å². The van der Waals surface area contributed by atoms with E-state index in [0.717, 1.165) is 36.1 Å². The molecule has 0 spiro atoms. The predicted octanol–water partition coefficient (Wildman–Crippen LogP) is 2.77. The number of methoxy groups -OCH3 is 2. The highest BCUT2D eigenvalue weighted by molar-refractivity contribution is 6.39. The lowest BCUT2D eigenvalue weighted by atomic mass is 9.78. The van der Waals surface area contributed by atoms with E-state index in [1.165, 1.54) is 0 Å². The Morgan fingerprint density at radius 1 is 1.12 bits per heavy atom. The summed E-state index contributed by atoms with van der Waals surface area (Å²) in [7, 11) is 3.27. The molecule has 3 aliphatic rings. The lowest BCUT2D eigenvalue weighted by molar-refractivity contribution is -0.160. The third kappa shape index (κ3) is 3.70. The normalized spacial score (nSPS) is 25.1. The van der Waals surface area contributed by atoms with Gasteiger partial charge >= 0.3 is 0 Å². The van der Waals surface area contributed by atoms with Crippen molar-refractivity contribution in [1.82, 2.24) is 9.80 Å². The number of piperidine rings is 1. The van der Waals surface area contributed by atoms with Gasteiger partial charge in [-0.3, -0.25) is 19.3 Å². The summed E-state index contributed by atoms with van der Waals surface area (Å²) >= 11 is 0. The number of benzene rings is 1. The first-order valence-electron chi connectivity index (χ1n) is 11.6. The first-order valence-corrected chi connectivity index (χ1v) is 11.6. The number of carbonyl (C=O) groups excluding carboxylic acids is 3. The largest absolute Gasteiger partial charge is 0.497 e. The van der Waals surface area contributed by atoms with Crippen molar-refractivity contribution < 1.29 is 23.9 Å². The van der Waals surface area contributed by atoms with E-state index in [9.17, 15) is 14.4 Å². The number of nitrogens with zero attached hydrogens (tertiary/aromatic N) is 2. The summed E-state index contributed by atoms with van der Waals surface area (Å²) in [4.78, 5) is 43.2. The van der Waals surface area contributed by atoms with E-state index >= 15 is 0 Å². The van der Waals surface area contributed by atoms with Crippen molar-refractivity contribution in [2.24, 2.45) is 5.41 Å². The molecule has 2 saturated heterocycles. The van der Waals surface area contributed by atoms with Gasteiger partial charge in [0.1, 0.15) is 11.5 Å². The minimum atomic E-state index is -0.672. The number of carbonyl (C=O) groups is 3. The maximum Gasteiger partial charge on any atom is 0.240 e. The highest BCUT2D eigenvalue weighted by atomic mass is 16.5. The molecule has 3 heterocycles. The van der Waals surface area contributed by atoms with Crippen LogP contribution in [0.25, 0.3) is 0 Å². The van der Waals surface area contributed by atoms with Crippen molar-refractivity contribution in [3.05, 3.63) is 23.3 Å².